The summed E-state index contributed by atoms with van der Waals surface area (Å²) in [7, 11) is 0. The van der Waals surface area contributed by atoms with Crippen LogP contribution in [-0.4, -0.2) is 32.9 Å². The molecule has 1 aliphatic rings. The second-order valence-corrected chi connectivity index (χ2v) is 10.8. The number of ketones is 1. The molecule has 2 aromatic heterocycles. The molecule has 0 radical (unpaired) electrons. The number of aromatic nitrogens is 2. The molecule has 1 aliphatic heterocycles. The van der Waals surface area contributed by atoms with E-state index < -0.39 is 0 Å². The van der Waals surface area contributed by atoms with Crippen LogP contribution in [0.4, 0.5) is 0 Å². The van der Waals surface area contributed by atoms with Gasteiger partial charge in [-0.25, -0.2) is 9.97 Å². The van der Waals surface area contributed by atoms with Gasteiger partial charge in [-0.3, -0.25) is 4.79 Å². The molecule has 0 saturated heterocycles. The van der Waals surface area contributed by atoms with Crippen LogP contribution in [0.3, 0.4) is 0 Å². The fourth-order valence-corrected chi connectivity index (χ4v) is 6.38. The second kappa shape index (κ2) is 9.39. The van der Waals surface area contributed by atoms with Crippen molar-refractivity contribution in [2.45, 2.75) is 62.4 Å². The number of thiophene rings is 1. The van der Waals surface area contributed by atoms with E-state index in [0.717, 1.165) is 51.0 Å². The fraction of sp³-hybridized carbons (Fsp3) is 0.435. The molecule has 0 amide bonds. The van der Waals surface area contributed by atoms with Crippen molar-refractivity contribution >= 4 is 50.9 Å². The van der Waals surface area contributed by atoms with Gasteiger partial charge in [-0.15, -0.1) is 11.3 Å². The summed E-state index contributed by atoms with van der Waals surface area (Å²) in [4.78, 5) is 24.7. The highest BCUT2D eigenvalue weighted by molar-refractivity contribution is 8.00. The Morgan fingerprint density at radius 2 is 2.00 bits per heavy atom. The van der Waals surface area contributed by atoms with Crippen molar-refractivity contribution in [3.63, 3.8) is 0 Å². The SMILES string of the molecule is CCCSc1nc(SCC(=O)c2ccccc2)c2c3c(sc2n1)COC(C)(CC)C3. The number of nitrogens with zero attached hydrogens (tertiary/aromatic N) is 2. The smallest absolute Gasteiger partial charge is 0.190 e. The van der Waals surface area contributed by atoms with Crippen molar-refractivity contribution in [1.82, 2.24) is 9.97 Å². The zero-order valence-corrected chi connectivity index (χ0v) is 20.0. The predicted octanol–water partition coefficient (Wildman–Crippen LogP) is 6.41. The van der Waals surface area contributed by atoms with E-state index in [-0.39, 0.29) is 11.4 Å². The second-order valence-electron chi connectivity index (χ2n) is 7.69. The highest BCUT2D eigenvalue weighted by Crippen LogP contribution is 2.43. The molecule has 0 N–H and O–H groups in total. The van der Waals surface area contributed by atoms with Gasteiger partial charge >= 0.3 is 0 Å². The monoisotopic (exact) mass is 458 g/mol. The van der Waals surface area contributed by atoms with E-state index in [4.69, 9.17) is 14.7 Å². The molecule has 4 rings (SSSR count). The first kappa shape index (κ1) is 21.8. The maximum absolute atomic E-state index is 12.7. The molecule has 1 aromatic carbocycles. The lowest BCUT2D eigenvalue weighted by molar-refractivity contribution is -0.0543. The maximum atomic E-state index is 12.7. The summed E-state index contributed by atoms with van der Waals surface area (Å²) in [6.07, 6.45) is 2.90. The lowest BCUT2D eigenvalue weighted by Gasteiger charge is -2.33. The number of hydrogen-bond donors (Lipinski definition) is 0. The summed E-state index contributed by atoms with van der Waals surface area (Å²) >= 11 is 4.94. The molecule has 1 atom stereocenters. The van der Waals surface area contributed by atoms with Crippen LogP contribution in [0.1, 0.15) is 54.4 Å². The van der Waals surface area contributed by atoms with Gasteiger partial charge in [0.1, 0.15) is 9.86 Å². The molecule has 0 saturated carbocycles. The third kappa shape index (κ3) is 4.59. The van der Waals surface area contributed by atoms with Gasteiger partial charge in [-0.05, 0) is 25.3 Å². The van der Waals surface area contributed by atoms with Gasteiger partial charge in [0.05, 0.1) is 18.0 Å². The van der Waals surface area contributed by atoms with Crippen LogP contribution in [0, 0.1) is 0 Å². The number of carbonyl (C=O) groups is 1. The zero-order valence-electron chi connectivity index (χ0n) is 17.6. The van der Waals surface area contributed by atoms with E-state index >= 15 is 0 Å². The van der Waals surface area contributed by atoms with Gasteiger partial charge < -0.3 is 4.74 Å². The Balaban J connectivity index is 1.70. The third-order valence-corrected chi connectivity index (χ3v) is 8.53. The van der Waals surface area contributed by atoms with Gasteiger partial charge in [0.15, 0.2) is 10.9 Å². The van der Waals surface area contributed by atoms with Gasteiger partial charge in [-0.1, -0.05) is 67.7 Å². The van der Waals surface area contributed by atoms with Crippen molar-refractivity contribution in [2.75, 3.05) is 11.5 Å². The molecule has 3 aromatic rings. The maximum Gasteiger partial charge on any atom is 0.190 e. The Labute approximate surface area is 190 Å². The van der Waals surface area contributed by atoms with E-state index in [2.05, 4.69) is 20.8 Å². The van der Waals surface area contributed by atoms with Gasteiger partial charge in [0, 0.05) is 28.0 Å². The molecule has 1 unspecified atom stereocenters. The Morgan fingerprint density at radius 3 is 2.73 bits per heavy atom. The molecule has 0 spiro atoms. The molecule has 7 heteroatoms. The summed E-state index contributed by atoms with van der Waals surface area (Å²) in [5.41, 5.74) is 1.90. The van der Waals surface area contributed by atoms with Crippen molar-refractivity contribution in [3.05, 3.63) is 46.3 Å². The summed E-state index contributed by atoms with van der Waals surface area (Å²) in [5, 5.41) is 2.86. The lowest BCUT2D eigenvalue weighted by atomic mass is 9.90. The highest BCUT2D eigenvalue weighted by Gasteiger charge is 2.33. The minimum atomic E-state index is -0.154. The van der Waals surface area contributed by atoms with Crippen molar-refractivity contribution in [2.24, 2.45) is 0 Å². The van der Waals surface area contributed by atoms with E-state index in [1.807, 2.05) is 30.3 Å². The number of benzene rings is 1. The molecule has 0 aliphatic carbocycles. The number of carbonyl (C=O) groups excluding carboxylic acids is 1. The number of Topliss-reactive ketones (excluding diaryl/α,β-unsaturated/α-hetero) is 1. The zero-order chi connectivity index (χ0) is 21.1. The van der Waals surface area contributed by atoms with Crippen molar-refractivity contribution < 1.29 is 9.53 Å². The topological polar surface area (TPSA) is 52.1 Å². The number of hydrogen-bond acceptors (Lipinski definition) is 7. The standard InChI is InChI=1S/C23H26N2O2S3/c1-4-11-28-22-24-20(29-14-17(26)15-9-7-6-8-10-15)19-16-12-23(3,5-2)27-13-18(16)30-21(19)25-22/h6-10H,4-5,11-14H2,1-3H3. The van der Waals surface area contributed by atoms with Crippen LogP contribution in [0.5, 0.6) is 0 Å². The predicted molar refractivity (Wildman–Crippen MR) is 127 cm³/mol. The molecule has 0 bridgehead atoms. The van der Waals surface area contributed by atoms with E-state index in [9.17, 15) is 4.79 Å². The van der Waals surface area contributed by atoms with E-state index in [1.54, 1.807) is 23.1 Å². The number of thioether (sulfide) groups is 2. The molecular weight excluding hydrogens is 432 g/mol. The van der Waals surface area contributed by atoms with Crippen molar-refractivity contribution in [1.29, 1.82) is 0 Å². The Bertz CT molecular complexity index is 1050. The average Bonchev–Trinajstić information content (AvgIpc) is 3.13. The summed E-state index contributed by atoms with van der Waals surface area (Å²) in [6, 6.07) is 9.48. The normalized spacial score (nSPS) is 18.5. The van der Waals surface area contributed by atoms with Crippen LogP contribution < -0.4 is 0 Å². The lowest BCUT2D eigenvalue weighted by Crippen LogP contribution is -2.33. The Morgan fingerprint density at radius 1 is 1.20 bits per heavy atom. The van der Waals surface area contributed by atoms with Crippen LogP contribution >= 0.6 is 34.9 Å². The van der Waals surface area contributed by atoms with Gasteiger partial charge in [0.25, 0.3) is 0 Å². The quantitative estimate of drug-likeness (QED) is 0.168. The Hall–Kier alpha value is -1.41. The van der Waals surface area contributed by atoms with Gasteiger partial charge in [0.2, 0.25) is 0 Å². The fourth-order valence-electron chi connectivity index (χ4n) is 3.45. The van der Waals surface area contributed by atoms with Crippen LogP contribution in [0.15, 0.2) is 40.5 Å². The number of ether oxygens (including phenoxy) is 1. The Kier molecular flexibility index (Phi) is 6.82. The number of rotatable bonds is 8. The molecular formula is C23H26N2O2S3. The summed E-state index contributed by atoms with van der Waals surface area (Å²) < 4.78 is 6.16. The average molecular weight is 459 g/mol. The van der Waals surface area contributed by atoms with E-state index in [0.29, 0.717) is 12.4 Å². The molecule has 3 heterocycles. The first-order valence-corrected chi connectivity index (χ1v) is 13.1. The minimum Gasteiger partial charge on any atom is -0.369 e. The van der Waals surface area contributed by atoms with Crippen LogP contribution in [-0.2, 0) is 17.8 Å². The highest BCUT2D eigenvalue weighted by atomic mass is 32.2. The van der Waals surface area contributed by atoms with Gasteiger partial charge in [-0.2, -0.15) is 0 Å². The molecule has 0 fully saturated rings. The first-order chi connectivity index (χ1) is 14.5. The summed E-state index contributed by atoms with van der Waals surface area (Å²) in [6.45, 7) is 7.14. The van der Waals surface area contributed by atoms with Crippen molar-refractivity contribution in [3.8, 4) is 0 Å². The number of fused-ring (bicyclic) bond motifs is 3. The first-order valence-electron chi connectivity index (χ1n) is 10.3. The van der Waals surface area contributed by atoms with E-state index in [1.165, 1.54) is 22.2 Å². The largest absolute Gasteiger partial charge is 0.369 e. The van der Waals surface area contributed by atoms with Crippen LogP contribution in [0.25, 0.3) is 10.2 Å². The minimum absolute atomic E-state index is 0.126. The molecule has 158 valence electrons. The molecule has 30 heavy (non-hydrogen) atoms. The summed E-state index contributed by atoms with van der Waals surface area (Å²) in [5.74, 6) is 1.49. The van der Waals surface area contributed by atoms with Crippen LogP contribution in [0.2, 0.25) is 0 Å². The molecule has 4 nitrogen and oxygen atoms in total. The third-order valence-electron chi connectivity index (χ3n) is 5.40.